The molecule has 0 spiro atoms. The maximum atomic E-state index is 5.97. The van der Waals surface area contributed by atoms with Crippen LogP contribution < -0.4 is 5.32 Å². The zero-order valence-electron chi connectivity index (χ0n) is 11.6. The summed E-state index contributed by atoms with van der Waals surface area (Å²) in [4.78, 5) is 3.73. The predicted molar refractivity (Wildman–Crippen MR) is 77.3 cm³/mol. The maximum Gasteiger partial charge on any atom is 0.0897 e. The van der Waals surface area contributed by atoms with Gasteiger partial charge in [0.2, 0.25) is 0 Å². The fourth-order valence-electron chi connectivity index (χ4n) is 2.40. The van der Waals surface area contributed by atoms with Crippen LogP contribution >= 0.6 is 11.3 Å². The van der Waals surface area contributed by atoms with E-state index < -0.39 is 0 Å². The van der Waals surface area contributed by atoms with Crippen molar-refractivity contribution in [1.29, 1.82) is 0 Å². The SMILES string of the molecule is CCCNC(c1csc(C)c1)C1CN(C)CCO1. The molecule has 1 saturated heterocycles. The number of morpholine rings is 1. The smallest absolute Gasteiger partial charge is 0.0897 e. The number of nitrogens with one attached hydrogen (secondary N) is 1. The molecule has 1 aromatic rings. The lowest BCUT2D eigenvalue weighted by atomic mass is 10.0. The minimum atomic E-state index is 0.268. The fraction of sp³-hybridized carbons (Fsp3) is 0.714. The fourth-order valence-corrected chi connectivity index (χ4v) is 3.14. The Balaban J connectivity index is 2.08. The first-order chi connectivity index (χ1) is 8.70. The molecule has 0 amide bonds. The zero-order chi connectivity index (χ0) is 13.0. The number of likely N-dealkylation sites (N-methyl/N-ethyl adjacent to an activating group) is 1. The van der Waals surface area contributed by atoms with Crippen LogP contribution in [0.15, 0.2) is 11.4 Å². The molecule has 0 aliphatic carbocycles. The number of thiophene rings is 1. The monoisotopic (exact) mass is 268 g/mol. The van der Waals surface area contributed by atoms with Crippen molar-refractivity contribution in [3.05, 3.63) is 21.9 Å². The first-order valence-electron chi connectivity index (χ1n) is 6.79. The molecule has 2 atom stereocenters. The van der Waals surface area contributed by atoms with Crippen molar-refractivity contribution in [2.24, 2.45) is 0 Å². The second kappa shape index (κ2) is 6.66. The van der Waals surface area contributed by atoms with E-state index in [4.69, 9.17) is 4.74 Å². The standard InChI is InChI=1S/C14H24N2OS/c1-4-5-15-14(12-8-11(2)18-10-12)13-9-16(3)6-7-17-13/h8,10,13-15H,4-7,9H2,1-3H3. The molecule has 1 aliphatic heterocycles. The van der Waals surface area contributed by atoms with Crippen LogP contribution in [0.3, 0.4) is 0 Å². The zero-order valence-corrected chi connectivity index (χ0v) is 12.4. The van der Waals surface area contributed by atoms with Crippen LogP contribution in [0.1, 0.15) is 29.8 Å². The summed E-state index contributed by atoms with van der Waals surface area (Å²) in [7, 11) is 2.17. The van der Waals surface area contributed by atoms with Gasteiger partial charge in [-0.3, -0.25) is 0 Å². The Bertz CT molecular complexity index is 366. The normalized spacial score (nSPS) is 23.2. The second-order valence-electron chi connectivity index (χ2n) is 5.09. The molecule has 1 N–H and O–H groups in total. The Morgan fingerprint density at radius 1 is 1.61 bits per heavy atom. The third-order valence-electron chi connectivity index (χ3n) is 3.39. The first-order valence-corrected chi connectivity index (χ1v) is 7.67. The lowest BCUT2D eigenvalue weighted by Crippen LogP contribution is -2.46. The average Bonchev–Trinajstić information content (AvgIpc) is 2.76. The molecule has 102 valence electrons. The number of ether oxygens (including phenoxy) is 1. The van der Waals surface area contributed by atoms with Crippen molar-refractivity contribution in [2.45, 2.75) is 32.4 Å². The van der Waals surface area contributed by atoms with Crippen molar-refractivity contribution in [3.8, 4) is 0 Å². The summed E-state index contributed by atoms with van der Waals surface area (Å²) in [5.41, 5.74) is 1.38. The van der Waals surface area contributed by atoms with Gasteiger partial charge >= 0.3 is 0 Å². The third kappa shape index (κ3) is 3.54. The lowest BCUT2D eigenvalue weighted by Gasteiger charge is -2.35. The van der Waals surface area contributed by atoms with Crippen LogP contribution in [-0.2, 0) is 4.74 Å². The Kier molecular flexibility index (Phi) is 5.18. The van der Waals surface area contributed by atoms with E-state index in [-0.39, 0.29) is 6.10 Å². The Labute approximate surface area is 114 Å². The van der Waals surface area contributed by atoms with Gasteiger partial charge in [-0.25, -0.2) is 0 Å². The largest absolute Gasteiger partial charge is 0.374 e. The van der Waals surface area contributed by atoms with Crippen molar-refractivity contribution in [3.63, 3.8) is 0 Å². The molecule has 4 heteroatoms. The summed E-state index contributed by atoms with van der Waals surface area (Å²) < 4.78 is 5.97. The van der Waals surface area contributed by atoms with Crippen molar-refractivity contribution in [1.82, 2.24) is 10.2 Å². The molecular formula is C14H24N2OS. The summed E-state index contributed by atoms with van der Waals surface area (Å²) in [6.45, 7) is 8.31. The van der Waals surface area contributed by atoms with Crippen LogP contribution in [0.25, 0.3) is 0 Å². The van der Waals surface area contributed by atoms with E-state index >= 15 is 0 Å². The summed E-state index contributed by atoms with van der Waals surface area (Å²) in [6, 6.07) is 2.62. The quantitative estimate of drug-likeness (QED) is 0.887. The van der Waals surface area contributed by atoms with Gasteiger partial charge in [0, 0.05) is 18.0 Å². The molecule has 0 aromatic carbocycles. The molecular weight excluding hydrogens is 244 g/mol. The topological polar surface area (TPSA) is 24.5 Å². The molecule has 3 nitrogen and oxygen atoms in total. The minimum Gasteiger partial charge on any atom is -0.374 e. The average molecular weight is 268 g/mol. The van der Waals surface area contributed by atoms with Gasteiger partial charge in [-0.2, -0.15) is 0 Å². The number of aryl methyl sites for hydroxylation is 1. The van der Waals surface area contributed by atoms with Gasteiger partial charge in [0.05, 0.1) is 18.8 Å². The predicted octanol–water partition coefficient (Wildman–Crippen LogP) is 2.43. The van der Waals surface area contributed by atoms with Crippen LogP contribution in [0, 0.1) is 6.92 Å². The van der Waals surface area contributed by atoms with Crippen molar-refractivity contribution < 1.29 is 4.74 Å². The molecule has 2 rings (SSSR count). The Morgan fingerprint density at radius 2 is 2.44 bits per heavy atom. The summed E-state index contributed by atoms with van der Waals surface area (Å²) in [5.74, 6) is 0. The maximum absolute atomic E-state index is 5.97. The van der Waals surface area contributed by atoms with E-state index in [2.05, 4.69) is 42.6 Å². The number of hydrogen-bond donors (Lipinski definition) is 1. The van der Waals surface area contributed by atoms with Gasteiger partial charge < -0.3 is 15.0 Å². The van der Waals surface area contributed by atoms with Gasteiger partial charge in [-0.05, 0) is 43.9 Å². The highest BCUT2D eigenvalue weighted by atomic mass is 32.1. The summed E-state index contributed by atoms with van der Waals surface area (Å²) >= 11 is 1.82. The highest BCUT2D eigenvalue weighted by Gasteiger charge is 2.28. The van der Waals surface area contributed by atoms with Gasteiger partial charge in [-0.15, -0.1) is 11.3 Å². The molecule has 2 heterocycles. The van der Waals surface area contributed by atoms with Crippen molar-refractivity contribution >= 4 is 11.3 Å². The third-order valence-corrected chi connectivity index (χ3v) is 4.27. The summed E-state index contributed by atoms with van der Waals surface area (Å²) in [6.07, 6.45) is 1.42. The Hall–Kier alpha value is -0.420. The van der Waals surface area contributed by atoms with Crippen LogP contribution in [0.4, 0.5) is 0 Å². The molecule has 2 unspecified atom stereocenters. The molecule has 0 radical (unpaired) electrons. The molecule has 0 saturated carbocycles. The number of nitrogens with zero attached hydrogens (tertiary/aromatic N) is 1. The Morgan fingerprint density at radius 3 is 3.06 bits per heavy atom. The van der Waals surface area contributed by atoms with Crippen molar-refractivity contribution in [2.75, 3.05) is 33.3 Å². The van der Waals surface area contributed by atoms with Gasteiger partial charge in [-0.1, -0.05) is 6.92 Å². The van der Waals surface area contributed by atoms with Gasteiger partial charge in [0.1, 0.15) is 0 Å². The van der Waals surface area contributed by atoms with E-state index in [0.717, 1.165) is 32.7 Å². The molecule has 1 fully saturated rings. The van der Waals surface area contributed by atoms with Gasteiger partial charge in [0.25, 0.3) is 0 Å². The molecule has 1 aliphatic rings. The highest BCUT2D eigenvalue weighted by molar-refractivity contribution is 7.10. The van der Waals surface area contributed by atoms with Crippen LogP contribution in [0.5, 0.6) is 0 Å². The van der Waals surface area contributed by atoms with E-state index in [1.807, 2.05) is 11.3 Å². The lowest BCUT2D eigenvalue weighted by molar-refractivity contribution is -0.0391. The number of rotatable bonds is 5. The second-order valence-corrected chi connectivity index (χ2v) is 6.21. The van der Waals surface area contributed by atoms with Crippen LogP contribution in [-0.4, -0.2) is 44.3 Å². The van der Waals surface area contributed by atoms with Gasteiger partial charge in [0.15, 0.2) is 0 Å². The van der Waals surface area contributed by atoms with Crippen LogP contribution in [0.2, 0.25) is 0 Å². The molecule has 1 aromatic heterocycles. The van der Waals surface area contributed by atoms with E-state index in [0.29, 0.717) is 6.04 Å². The molecule has 0 bridgehead atoms. The highest BCUT2D eigenvalue weighted by Crippen LogP contribution is 2.26. The number of hydrogen-bond acceptors (Lipinski definition) is 4. The molecule has 18 heavy (non-hydrogen) atoms. The van der Waals surface area contributed by atoms with E-state index in [1.54, 1.807) is 0 Å². The van der Waals surface area contributed by atoms with E-state index in [9.17, 15) is 0 Å². The summed E-state index contributed by atoms with van der Waals surface area (Å²) in [5, 5.41) is 5.91. The first kappa shape index (κ1) is 14.0. The minimum absolute atomic E-state index is 0.268. The van der Waals surface area contributed by atoms with E-state index in [1.165, 1.54) is 10.4 Å².